The van der Waals surface area contributed by atoms with Gasteiger partial charge in [0.05, 0.1) is 28.9 Å². The number of hydrogen-bond donors (Lipinski definition) is 4. The molecule has 0 saturated heterocycles. The number of rotatable bonds is 4. The van der Waals surface area contributed by atoms with E-state index in [1.54, 1.807) is 0 Å². The summed E-state index contributed by atoms with van der Waals surface area (Å²) in [6.45, 7) is -0.448. The number of benzene rings is 1. The number of urea groups is 1. The number of carbonyl (C=O) groups is 2. The van der Waals surface area contributed by atoms with E-state index in [4.69, 9.17) is 27.1 Å². The topological polar surface area (TPSA) is 122 Å². The number of anilines is 1. The summed E-state index contributed by atoms with van der Waals surface area (Å²) in [6, 6.07) is 5.45. The Kier molecular flexibility index (Phi) is 5.11. The van der Waals surface area contributed by atoms with Gasteiger partial charge in [-0.2, -0.15) is 5.26 Å². The molecule has 0 aliphatic carbocycles. The van der Waals surface area contributed by atoms with Gasteiger partial charge in [0.1, 0.15) is 0 Å². The molecule has 1 atom stereocenters. The van der Waals surface area contributed by atoms with Crippen molar-refractivity contribution in [2.75, 3.05) is 11.9 Å². The molecule has 0 aliphatic rings. The fourth-order valence-corrected chi connectivity index (χ4v) is 1.30. The molecule has 1 rings (SSSR count). The van der Waals surface area contributed by atoms with Crippen LogP contribution in [0.3, 0.4) is 0 Å². The number of aliphatic hydroxyl groups is 1. The minimum Gasteiger partial charge on any atom is -0.479 e. The van der Waals surface area contributed by atoms with E-state index in [1.165, 1.54) is 18.2 Å². The number of nitriles is 1. The number of nitrogens with one attached hydrogen (secondary N) is 2. The fourth-order valence-electron chi connectivity index (χ4n) is 1.13. The van der Waals surface area contributed by atoms with Crippen molar-refractivity contribution in [3.05, 3.63) is 28.8 Å². The first-order valence-corrected chi connectivity index (χ1v) is 5.47. The molecular weight excluding hydrogens is 274 g/mol. The highest BCUT2D eigenvalue weighted by Gasteiger charge is 2.14. The molecule has 0 bridgehead atoms. The lowest BCUT2D eigenvalue weighted by molar-refractivity contribution is -0.146. The third-order valence-corrected chi connectivity index (χ3v) is 2.41. The number of aliphatic hydroxyl groups excluding tert-OH is 1. The molecule has 7 nitrogen and oxygen atoms in total. The smallest absolute Gasteiger partial charge is 0.334 e. The van der Waals surface area contributed by atoms with E-state index in [-0.39, 0.29) is 10.7 Å². The van der Waals surface area contributed by atoms with E-state index in [2.05, 4.69) is 10.6 Å². The minimum atomic E-state index is -1.69. The van der Waals surface area contributed by atoms with Gasteiger partial charge in [-0.15, -0.1) is 0 Å². The molecule has 0 heterocycles. The van der Waals surface area contributed by atoms with E-state index in [1.807, 2.05) is 6.07 Å². The number of carboxylic acids is 1. The maximum absolute atomic E-state index is 11.4. The predicted molar refractivity (Wildman–Crippen MR) is 66.8 cm³/mol. The molecule has 0 fully saturated rings. The SMILES string of the molecule is N#Cc1ccc(Cl)c(NC(=O)NC[C@H](O)C(=O)O)c1. The average Bonchev–Trinajstić information content (AvgIpc) is 2.38. The maximum atomic E-state index is 11.4. The third-order valence-electron chi connectivity index (χ3n) is 2.08. The quantitative estimate of drug-likeness (QED) is 0.650. The van der Waals surface area contributed by atoms with Gasteiger partial charge in [-0.25, -0.2) is 9.59 Å². The van der Waals surface area contributed by atoms with Crippen molar-refractivity contribution < 1.29 is 19.8 Å². The molecule has 0 saturated carbocycles. The summed E-state index contributed by atoms with van der Waals surface area (Å²) in [5.74, 6) is -1.44. The molecule has 4 N–H and O–H groups in total. The highest BCUT2D eigenvalue weighted by Crippen LogP contribution is 2.22. The van der Waals surface area contributed by atoms with E-state index in [9.17, 15) is 9.59 Å². The summed E-state index contributed by atoms with van der Waals surface area (Å²) in [5, 5.41) is 30.8. The monoisotopic (exact) mass is 283 g/mol. The first kappa shape index (κ1) is 14.8. The third kappa shape index (κ3) is 4.46. The van der Waals surface area contributed by atoms with Crippen LogP contribution >= 0.6 is 11.6 Å². The normalized spacial score (nSPS) is 11.2. The molecule has 0 spiro atoms. The van der Waals surface area contributed by atoms with Crippen LogP contribution in [-0.4, -0.2) is 34.9 Å². The van der Waals surface area contributed by atoms with Crippen LogP contribution in [0.2, 0.25) is 5.02 Å². The Morgan fingerprint density at radius 2 is 2.16 bits per heavy atom. The first-order valence-electron chi connectivity index (χ1n) is 5.09. The van der Waals surface area contributed by atoms with Gasteiger partial charge < -0.3 is 20.8 Å². The Hall–Kier alpha value is -2.30. The van der Waals surface area contributed by atoms with Gasteiger partial charge in [-0.05, 0) is 18.2 Å². The lowest BCUT2D eigenvalue weighted by Gasteiger charge is -2.10. The number of carbonyl (C=O) groups excluding carboxylic acids is 1. The van der Waals surface area contributed by atoms with E-state index in [0.717, 1.165) is 0 Å². The van der Waals surface area contributed by atoms with Crippen LogP contribution in [-0.2, 0) is 4.79 Å². The summed E-state index contributed by atoms with van der Waals surface area (Å²) >= 11 is 5.82. The van der Waals surface area contributed by atoms with Crippen LogP contribution in [0, 0.1) is 11.3 Å². The summed E-state index contributed by atoms with van der Waals surface area (Å²) in [5.41, 5.74) is 0.522. The molecule has 0 unspecified atom stereocenters. The highest BCUT2D eigenvalue weighted by atomic mass is 35.5. The van der Waals surface area contributed by atoms with Crippen molar-refractivity contribution in [1.29, 1.82) is 5.26 Å². The van der Waals surface area contributed by atoms with E-state index in [0.29, 0.717) is 5.56 Å². The zero-order valence-electron chi connectivity index (χ0n) is 9.55. The van der Waals surface area contributed by atoms with Crippen molar-refractivity contribution in [2.45, 2.75) is 6.10 Å². The standard InChI is InChI=1S/C11H10ClN3O4/c12-7-2-1-6(4-13)3-8(7)15-11(19)14-5-9(16)10(17)18/h1-3,9,16H,5H2,(H,17,18)(H2,14,15,19)/t9-/m0/s1. The Labute approximate surface area is 113 Å². The number of carboxylic acid groups (broad SMARTS) is 1. The molecule has 8 heteroatoms. The van der Waals surface area contributed by atoms with Gasteiger partial charge in [0.15, 0.2) is 6.10 Å². The summed E-state index contributed by atoms with van der Waals surface area (Å²) in [6.07, 6.45) is -1.69. The maximum Gasteiger partial charge on any atom is 0.334 e. The van der Waals surface area contributed by atoms with Gasteiger partial charge in [-0.1, -0.05) is 11.6 Å². The summed E-state index contributed by atoms with van der Waals surface area (Å²) in [7, 11) is 0. The summed E-state index contributed by atoms with van der Waals surface area (Å²) < 4.78 is 0. The van der Waals surface area contributed by atoms with Gasteiger partial charge >= 0.3 is 12.0 Å². The second-order valence-corrected chi connectivity index (χ2v) is 3.90. The second-order valence-electron chi connectivity index (χ2n) is 3.50. The molecule has 19 heavy (non-hydrogen) atoms. The van der Waals surface area contributed by atoms with Crippen molar-refractivity contribution in [1.82, 2.24) is 5.32 Å². The largest absolute Gasteiger partial charge is 0.479 e. The molecule has 100 valence electrons. The van der Waals surface area contributed by atoms with Crippen LogP contribution in [0.4, 0.5) is 10.5 Å². The van der Waals surface area contributed by atoms with Crippen LogP contribution in [0.15, 0.2) is 18.2 Å². The van der Waals surface area contributed by atoms with Crippen LogP contribution in [0.25, 0.3) is 0 Å². The molecule has 0 aromatic heterocycles. The van der Waals surface area contributed by atoms with Crippen LogP contribution in [0.1, 0.15) is 5.56 Å². The van der Waals surface area contributed by atoms with Gasteiger partial charge in [-0.3, -0.25) is 0 Å². The van der Waals surface area contributed by atoms with Gasteiger partial charge in [0, 0.05) is 0 Å². The first-order chi connectivity index (χ1) is 8.93. The van der Waals surface area contributed by atoms with Crippen LogP contribution in [0.5, 0.6) is 0 Å². The number of aliphatic carboxylic acids is 1. The molecule has 0 aliphatic heterocycles. The lowest BCUT2D eigenvalue weighted by atomic mass is 10.2. The molecule has 1 aromatic rings. The Morgan fingerprint density at radius 3 is 2.74 bits per heavy atom. The van der Waals surface area contributed by atoms with E-state index < -0.39 is 24.6 Å². The molecule has 2 amide bonds. The summed E-state index contributed by atoms with van der Waals surface area (Å²) in [4.78, 5) is 21.8. The second kappa shape index (κ2) is 6.58. The Morgan fingerprint density at radius 1 is 1.47 bits per heavy atom. The Bertz CT molecular complexity index is 541. The van der Waals surface area contributed by atoms with Crippen molar-refractivity contribution in [2.24, 2.45) is 0 Å². The number of halogens is 1. The van der Waals surface area contributed by atoms with Gasteiger partial charge in [0.2, 0.25) is 0 Å². The lowest BCUT2D eigenvalue weighted by Crippen LogP contribution is -2.38. The highest BCUT2D eigenvalue weighted by molar-refractivity contribution is 6.33. The molecule has 0 radical (unpaired) electrons. The number of hydrogen-bond acceptors (Lipinski definition) is 4. The van der Waals surface area contributed by atoms with Crippen molar-refractivity contribution in [3.8, 4) is 6.07 Å². The fraction of sp³-hybridized carbons (Fsp3) is 0.182. The van der Waals surface area contributed by atoms with Crippen molar-refractivity contribution in [3.63, 3.8) is 0 Å². The minimum absolute atomic E-state index is 0.211. The zero-order chi connectivity index (χ0) is 14.4. The van der Waals surface area contributed by atoms with Crippen molar-refractivity contribution >= 4 is 29.3 Å². The van der Waals surface area contributed by atoms with Gasteiger partial charge in [0.25, 0.3) is 0 Å². The van der Waals surface area contributed by atoms with Crippen LogP contribution < -0.4 is 10.6 Å². The number of nitrogens with zero attached hydrogens (tertiary/aromatic N) is 1. The molecular formula is C11H10ClN3O4. The molecule has 1 aromatic carbocycles. The zero-order valence-corrected chi connectivity index (χ0v) is 10.3. The Balaban J connectivity index is 2.62. The predicted octanol–water partition coefficient (Wildman–Crippen LogP) is 0.779. The van der Waals surface area contributed by atoms with E-state index >= 15 is 0 Å². The number of amides is 2. The average molecular weight is 284 g/mol.